The van der Waals surface area contributed by atoms with E-state index in [1.54, 1.807) is 11.3 Å². The van der Waals surface area contributed by atoms with Crippen molar-refractivity contribution in [3.05, 3.63) is 20.8 Å². The van der Waals surface area contributed by atoms with Crippen LogP contribution in [0.1, 0.15) is 30.6 Å². The molecule has 2 rings (SSSR count). The van der Waals surface area contributed by atoms with Crippen LogP contribution >= 0.6 is 27.3 Å². The maximum absolute atomic E-state index is 6.16. The fourth-order valence-electron chi connectivity index (χ4n) is 2.13. The predicted octanol–water partition coefficient (Wildman–Crippen LogP) is 3.34. The summed E-state index contributed by atoms with van der Waals surface area (Å²) in [5, 5.41) is 0. The van der Waals surface area contributed by atoms with E-state index in [2.05, 4.69) is 28.1 Å². The molecule has 0 amide bonds. The molecule has 0 bridgehead atoms. The van der Waals surface area contributed by atoms with Crippen LogP contribution in [0.25, 0.3) is 0 Å². The third kappa shape index (κ3) is 3.84. The molecule has 2 heterocycles. The molecule has 0 aliphatic carbocycles. The highest BCUT2D eigenvalue weighted by Crippen LogP contribution is 2.24. The third-order valence-corrected chi connectivity index (χ3v) is 4.58. The van der Waals surface area contributed by atoms with Crippen molar-refractivity contribution in [3.63, 3.8) is 0 Å². The van der Waals surface area contributed by atoms with Gasteiger partial charge in [0.15, 0.2) is 0 Å². The van der Waals surface area contributed by atoms with Gasteiger partial charge in [-0.1, -0.05) is 0 Å². The van der Waals surface area contributed by atoms with Crippen molar-refractivity contribution in [2.45, 2.75) is 44.2 Å². The van der Waals surface area contributed by atoms with Crippen molar-refractivity contribution in [3.8, 4) is 0 Å². The summed E-state index contributed by atoms with van der Waals surface area (Å²) in [6, 6.07) is 4.47. The van der Waals surface area contributed by atoms with Gasteiger partial charge in [-0.05, 0) is 60.2 Å². The number of ether oxygens (including phenoxy) is 1. The summed E-state index contributed by atoms with van der Waals surface area (Å²) >= 11 is 5.25. The summed E-state index contributed by atoms with van der Waals surface area (Å²) in [4.78, 5) is 1.36. The fourth-order valence-corrected chi connectivity index (χ4v) is 3.71. The van der Waals surface area contributed by atoms with E-state index < -0.39 is 0 Å². The average Bonchev–Trinajstić information content (AvgIpc) is 2.65. The van der Waals surface area contributed by atoms with Gasteiger partial charge in [-0.3, -0.25) is 0 Å². The lowest BCUT2D eigenvalue weighted by atomic mass is 10.00. The molecule has 1 aromatic rings. The first-order valence-corrected chi connectivity index (χ1v) is 7.46. The molecule has 90 valence electrons. The quantitative estimate of drug-likeness (QED) is 0.926. The number of nitrogens with two attached hydrogens (primary N) is 1. The molecule has 2 atom stereocenters. The van der Waals surface area contributed by atoms with E-state index in [1.165, 1.54) is 27.9 Å². The number of hydrogen-bond donors (Lipinski definition) is 1. The Morgan fingerprint density at radius 2 is 2.38 bits per heavy atom. The molecule has 2 N–H and O–H groups in total. The minimum absolute atomic E-state index is 0.230. The van der Waals surface area contributed by atoms with Crippen LogP contribution in [0.15, 0.2) is 15.9 Å². The second-order valence-corrected chi connectivity index (χ2v) is 6.94. The zero-order valence-corrected chi connectivity index (χ0v) is 11.7. The zero-order valence-electron chi connectivity index (χ0n) is 9.32. The maximum atomic E-state index is 6.16. The van der Waals surface area contributed by atoms with Crippen LogP contribution in [0.4, 0.5) is 0 Å². The second kappa shape index (κ2) is 6.15. The standard InChI is InChI=1S/C12H18BrNOS/c13-12-5-4-11(16-12)8-9(14)7-10-3-1-2-6-15-10/h4-5,9-10H,1-3,6-8,14H2. The molecule has 0 spiro atoms. The average molecular weight is 304 g/mol. The van der Waals surface area contributed by atoms with Crippen molar-refractivity contribution >= 4 is 27.3 Å². The largest absolute Gasteiger partial charge is 0.378 e. The molecule has 0 radical (unpaired) electrons. The first-order chi connectivity index (χ1) is 7.74. The van der Waals surface area contributed by atoms with Gasteiger partial charge in [-0.15, -0.1) is 11.3 Å². The van der Waals surface area contributed by atoms with Crippen LogP contribution in [-0.2, 0) is 11.2 Å². The Kier molecular flexibility index (Phi) is 4.82. The lowest BCUT2D eigenvalue weighted by Gasteiger charge is -2.25. The van der Waals surface area contributed by atoms with Crippen LogP contribution < -0.4 is 5.73 Å². The van der Waals surface area contributed by atoms with Crippen LogP contribution in [0.2, 0.25) is 0 Å². The van der Waals surface area contributed by atoms with Crippen LogP contribution in [0, 0.1) is 0 Å². The van der Waals surface area contributed by atoms with Gasteiger partial charge in [0.05, 0.1) is 9.89 Å². The molecule has 0 saturated carbocycles. The minimum atomic E-state index is 0.230. The van der Waals surface area contributed by atoms with Crippen LogP contribution in [-0.4, -0.2) is 18.8 Å². The molecule has 1 fully saturated rings. The van der Waals surface area contributed by atoms with Crippen molar-refractivity contribution < 1.29 is 4.74 Å². The van der Waals surface area contributed by atoms with Crippen molar-refractivity contribution in [2.24, 2.45) is 5.73 Å². The van der Waals surface area contributed by atoms with Crippen LogP contribution in [0.3, 0.4) is 0 Å². The summed E-state index contributed by atoms with van der Waals surface area (Å²) in [6.45, 7) is 0.919. The van der Waals surface area contributed by atoms with Gasteiger partial charge < -0.3 is 10.5 Å². The smallest absolute Gasteiger partial charge is 0.0701 e. The summed E-state index contributed by atoms with van der Waals surface area (Å²) in [5.74, 6) is 0. The molecule has 1 aliphatic heterocycles. The highest BCUT2D eigenvalue weighted by Gasteiger charge is 2.17. The summed E-state index contributed by atoms with van der Waals surface area (Å²) in [5.41, 5.74) is 6.16. The van der Waals surface area contributed by atoms with Crippen LogP contribution in [0.5, 0.6) is 0 Å². The summed E-state index contributed by atoms with van der Waals surface area (Å²) < 4.78 is 6.89. The van der Waals surface area contributed by atoms with Gasteiger partial charge in [0.1, 0.15) is 0 Å². The lowest BCUT2D eigenvalue weighted by Crippen LogP contribution is -2.31. The van der Waals surface area contributed by atoms with Gasteiger partial charge in [-0.2, -0.15) is 0 Å². The Labute approximate surface area is 109 Å². The lowest BCUT2D eigenvalue weighted by molar-refractivity contribution is 0.00751. The Morgan fingerprint density at radius 1 is 1.50 bits per heavy atom. The molecule has 0 aromatic carbocycles. The zero-order chi connectivity index (χ0) is 11.4. The van der Waals surface area contributed by atoms with Gasteiger partial charge in [0, 0.05) is 17.5 Å². The van der Waals surface area contributed by atoms with E-state index in [0.29, 0.717) is 6.10 Å². The SMILES string of the molecule is NC(Cc1ccc(Br)s1)CC1CCCCO1. The van der Waals surface area contributed by atoms with E-state index in [1.807, 2.05) is 0 Å². The molecule has 1 aromatic heterocycles. The first-order valence-electron chi connectivity index (χ1n) is 5.85. The molecular weight excluding hydrogens is 286 g/mol. The predicted molar refractivity (Wildman–Crippen MR) is 71.9 cm³/mol. The van der Waals surface area contributed by atoms with E-state index >= 15 is 0 Å². The fraction of sp³-hybridized carbons (Fsp3) is 0.667. The molecule has 2 nitrogen and oxygen atoms in total. The van der Waals surface area contributed by atoms with Gasteiger partial charge in [0.25, 0.3) is 0 Å². The third-order valence-electron chi connectivity index (χ3n) is 2.93. The van der Waals surface area contributed by atoms with Crippen molar-refractivity contribution in [2.75, 3.05) is 6.61 Å². The van der Waals surface area contributed by atoms with Gasteiger partial charge in [-0.25, -0.2) is 0 Å². The number of rotatable bonds is 4. The molecule has 4 heteroatoms. The van der Waals surface area contributed by atoms with Crippen molar-refractivity contribution in [1.29, 1.82) is 0 Å². The van der Waals surface area contributed by atoms with Crippen molar-refractivity contribution in [1.82, 2.24) is 0 Å². The molecule has 1 saturated heterocycles. The highest BCUT2D eigenvalue weighted by molar-refractivity contribution is 9.11. The Bertz CT molecular complexity index is 323. The van der Waals surface area contributed by atoms with Gasteiger partial charge in [0.2, 0.25) is 0 Å². The molecule has 1 aliphatic rings. The summed E-state index contributed by atoms with van der Waals surface area (Å²) in [7, 11) is 0. The Hall–Kier alpha value is 0.1000. The normalized spacial score (nSPS) is 23.2. The Morgan fingerprint density at radius 3 is 3.00 bits per heavy atom. The summed E-state index contributed by atoms with van der Waals surface area (Å²) in [6.07, 6.45) is 6.05. The van der Waals surface area contributed by atoms with E-state index in [4.69, 9.17) is 10.5 Å². The number of hydrogen-bond acceptors (Lipinski definition) is 3. The number of thiophene rings is 1. The maximum Gasteiger partial charge on any atom is 0.0701 e. The first kappa shape index (κ1) is 12.6. The van der Waals surface area contributed by atoms with Gasteiger partial charge >= 0.3 is 0 Å². The van der Waals surface area contributed by atoms with E-state index in [9.17, 15) is 0 Å². The topological polar surface area (TPSA) is 35.2 Å². The van der Waals surface area contributed by atoms with E-state index in [0.717, 1.165) is 19.4 Å². The molecule has 16 heavy (non-hydrogen) atoms. The molecular formula is C12H18BrNOS. The number of halogens is 1. The second-order valence-electron chi connectivity index (χ2n) is 4.39. The minimum Gasteiger partial charge on any atom is -0.378 e. The monoisotopic (exact) mass is 303 g/mol. The highest BCUT2D eigenvalue weighted by atomic mass is 79.9. The van der Waals surface area contributed by atoms with E-state index in [-0.39, 0.29) is 6.04 Å². The Balaban J connectivity index is 1.77. The molecule has 2 unspecified atom stereocenters.